The highest BCUT2D eigenvalue weighted by Crippen LogP contribution is 2.35. The molecule has 3 rings (SSSR count). The molecular weight excluding hydrogens is 349 g/mol. The summed E-state index contributed by atoms with van der Waals surface area (Å²) >= 11 is 0. The molecule has 0 aromatic heterocycles. The number of rotatable bonds is 4. The molecule has 1 heterocycles. The van der Waals surface area contributed by atoms with Crippen LogP contribution in [-0.4, -0.2) is 18.2 Å². The Labute approximate surface area is 147 Å². The third kappa shape index (κ3) is 3.57. The predicted octanol–water partition coefficient (Wildman–Crippen LogP) is 3.59. The zero-order valence-electron chi connectivity index (χ0n) is 13.7. The predicted molar refractivity (Wildman–Crippen MR) is 86.2 cm³/mol. The van der Waals surface area contributed by atoms with Gasteiger partial charge in [-0.15, -0.1) is 0 Å². The number of halogens is 3. The molecule has 2 aromatic carbocycles. The Kier molecular flexibility index (Phi) is 4.50. The molecule has 0 spiro atoms. The average molecular weight is 364 g/mol. The molecule has 1 unspecified atom stereocenters. The van der Waals surface area contributed by atoms with Gasteiger partial charge in [-0.05, 0) is 42.0 Å². The van der Waals surface area contributed by atoms with Gasteiger partial charge in [-0.1, -0.05) is 12.1 Å². The Hall–Kier alpha value is -2.80. The maximum absolute atomic E-state index is 12.6. The van der Waals surface area contributed by atoms with Crippen LogP contribution in [0.3, 0.4) is 0 Å². The summed E-state index contributed by atoms with van der Waals surface area (Å²) in [6.07, 6.45) is -3.09. The van der Waals surface area contributed by atoms with Crippen molar-refractivity contribution in [3.05, 3.63) is 76.9 Å². The van der Waals surface area contributed by atoms with E-state index in [-0.39, 0.29) is 12.0 Å². The van der Waals surface area contributed by atoms with Crippen molar-refractivity contribution >= 4 is 5.97 Å². The highest BCUT2D eigenvalue weighted by Gasteiger charge is 2.40. The minimum Gasteiger partial charge on any atom is -0.497 e. The van der Waals surface area contributed by atoms with E-state index in [1.807, 2.05) is 0 Å². The zero-order valence-corrected chi connectivity index (χ0v) is 13.7. The summed E-state index contributed by atoms with van der Waals surface area (Å²) in [5.41, 5.74) is 0.247. The number of cyclic esters (lactones) is 1. The van der Waals surface area contributed by atoms with Crippen molar-refractivity contribution in [2.75, 3.05) is 7.11 Å². The monoisotopic (exact) mass is 364 g/mol. The summed E-state index contributed by atoms with van der Waals surface area (Å²) in [7, 11) is 1.50. The molecule has 4 nitrogen and oxygen atoms in total. The molecule has 26 heavy (non-hydrogen) atoms. The second-order valence-electron chi connectivity index (χ2n) is 5.86. The van der Waals surface area contributed by atoms with Gasteiger partial charge in [0.15, 0.2) is 0 Å². The Morgan fingerprint density at radius 2 is 1.69 bits per heavy atom. The maximum Gasteiger partial charge on any atom is 0.416 e. The minimum absolute atomic E-state index is 0.0510. The molecule has 0 radical (unpaired) electrons. The molecule has 0 saturated heterocycles. The second kappa shape index (κ2) is 6.49. The molecule has 0 bridgehead atoms. The normalized spacial score (nSPS) is 19.9. The molecule has 1 aliphatic rings. The number of benzene rings is 2. The van der Waals surface area contributed by atoms with Gasteiger partial charge in [-0.2, -0.15) is 13.2 Å². The average Bonchev–Trinajstić information content (AvgIpc) is 2.89. The molecule has 7 heteroatoms. The van der Waals surface area contributed by atoms with Gasteiger partial charge in [0, 0.05) is 23.6 Å². The lowest BCUT2D eigenvalue weighted by molar-refractivity contribution is -0.182. The lowest BCUT2D eigenvalue weighted by Crippen LogP contribution is -2.24. The van der Waals surface area contributed by atoms with E-state index in [4.69, 9.17) is 9.47 Å². The van der Waals surface area contributed by atoms with Crippen LogP contribution in [0.4, 0.5) is 13.2 Å². The SMILES string of the molecule is COc1ccc(C2(O)C=C(Cc3ccc(C(F)(F)F)cc3)C(=O)O2)cc1. The van der Waals surface area contributed by atoms with Gasteiger partial charge in [0.05, 0.1) is 12.7 Å². The van der Waals surface area contributed by atoms with Gasteiger partial charge in [0.25, 0.3) is 5.79 Å². The molecule has 2 aromatic rings. The van der Waals surface area contributed by atoms with E-state index in [1.54, 1.807) is 24.3 Å². The van der Waals surface area contributed by atoms with Gasteiger partial charge in [-0.25, -0.2) is 4.79 Å². The van der Waals surface area contributed by atoms with E-state index in [0.29, 0.717) is 16.9 Å². The smallest absolute Gasteiger partial charge is 0.416 e. The number of hydrogen-bond acceptors (Lipinski definition) is 4. The Morgan fingerprint density at radius 1 is 1.08 bits per heavy atom. The molecule has 1 N–H and O–H groups in total. The summed E-state index contributed by atoms with van der Waals surface area (Å²) in [4.78, 5) is 12.1. The molecule has 0 amide bonds. The van der Waals surface area contributed by atoms with Gasteiger partial charge in [-0.3, -0.25) is 0 Å². The van der Waals surface area contributed by atoms with Gasteiger partial charge >= 0.3 is 12.1 Å². The number of carbonyl (C=O) groups excluding carboxylic acids is 1. The van der Waals surface area contributed by atoms with Gasteiger partial charge in [0.1, 0.15) is 5.75 Å². The Morgan fingerprint density at radius 3 is 2.23 bits per heavy atom. The Bertz CT molecular complexity index is 839. The summed E-state index contributed by atoms with van der Waals surface area (Å²) in [5, 5.41) is 10.6. The Balaban J connectivity index is 1.81. The van der Waals surface area contributed by atoms with Crippen molar-refractivity contribution in [1.29, 1.82) is 0 Å². The van der Waals surface area contributed by atoms with Crippen LogP contribution in [0.1, 0.15) is 16.7 Å². The van der Waals surface area contributed by atoms with Crippen molar-refractivity contribution in [3.63, 3.8) is 0 Å². The van der Waals surface area contributed by atoms with Crippen molar-refractivity contribution < 1.29 is 32.5 Å². The van der Waals surface area contributed by atoms with Gasteiger partial charge in [0.2, 0.25) is 0 Å². The lowest BCUT2D eigenvalue weighted by atomic mass is 10.0. The topological polar surface area (TPSA) is 55.8 Å². The fourth-order valence-electron chi connectivity index (χ4n) is 2.66. The van der Waals surface area contributed by atoms with E-state index in [1.165, 1.54) is 25.3 Å². The fraction of sp³-hybridized carbons (Fsp3) is 0.211. The number of esters is 1. The highest BCUT2D eigenvalue weighted by atomic mass is 19.4. The van der Waals surface area contributed by atoms with E-state index in [2.05, 4.69) is 0 Å². The number of hydrogen-bond donors (Lipinski definition) is 1. The third-order valence-electron chi connectivity index (χ3n) is 4.06. The van der Waals surface area contributed by atoms with Crippen LogP contribution >= 0.6 is 0 Å². The number of carbonyl (C=O) groups is 1. The number of ether oxygens (including phenoxy) is 2. The van der Waals surface area contributed by atoms with E-state index in [0.717, 1.165) is 12.1 Å². The minimum atomic E-state index is -4.42. The molecule has 1 aliphatic heterocycles. The largest absolute Gasteiger partial charge is 0.497 e. The quantitative estimate of drug-likeness (QED) is 0.843. The molecular formula is C19H15F3O4. The van der Waals surface area contributed by atoms with E-state index >= 15 is 0 Å². The molecule has 136 valence electrons. The van der Waals surface area contributed by atoms with Crippen LogP contribution in [0.5, 0.6) is 5.75 Å². The highest BCUT2D eigenvalue weighted by molar-refractivity contribution is 5.92. The van der Waals surface area contributed by atoms with Crippen molar-refractivity contribution in [1.82, 2.24) is 0 Å². The van der Waals surface area contributed by atoms with Crippen LogP contribution in [0.2, 0.25) is 0 Å². The van der Waals surface area contributed by atoms with Crippen LogP contribution in [0, 0.1) is 0 Å². The number of alkyl halides is 3. The van der Waals surface area contributed by atoms with Crippen LogP contribution < -0.4 is 4.74 Å². The fourth-order valence-corrected chi connectivity index (χ4v) is 2.66. The standard InChI is InChI=1S/C19H15F3O4/c1-25-16-8-6-14(7-9-16)18(24)11-13(17(23)26-18)10-12-2-4-15(5-3-12)19(20,21)22/h2-9,11,24H,10H2,1H3. The third-order valence-corrected chi connectivity index (χ3v) is 4.06. The molecule has 0 saturated carbocycles. The van der Waals surface area contributed by atoms with E-state index in [9.17, 15) is 23.1 Å². The maximum atomic E-state index is 12.6. The first-order chi connectivity index (χ1) is 12.2. The number of aliphatic hydroxyl groups is 1. The molecule has 0 fully saturated rings. The van der Waals surface area contributed by atoms with Crippen LogP contribution in [-0.2, 0) is 27.9 Å². The van der Waals surface area contributed by atoms with Crippen molar-refractivity contribution in [3.8, 4) is 5.75 Å². The molecule has 0 aliphatic carbocycles. The van der Waals surface area contributed by atoms with Crippen molar-refractivity contribution in [2.45, 2.75) is 18.4 Å². The first-order valence-corrected chi connectivity index (χ1v) is 7.69. The van der Waals surface area contributed by atoms with E-state index < -0.39 is 23.5 Å². The first-order valence-electron chi connectivity index (χ1n) is 7.69. The summed E-state index contributed by atoms with van der Waals surface area (Å²) in [6, 6.07) is 10.8. The lowest BCUT2D eigenvalue weighted by Gasteiger charge is -2.19. The molecule has 1 atom stereocenters. The first kappa shape index (κ1) is 18.0. The second-order valence-corrected chi connectivity index (χ2v) is 5.86. The zero-order chi connectivity index (χ0) is 18.9. The number of methoxy groups -OCH3 is 1. The van der Waals surface area contributed by atoms with Crippen LogP contribution in [0.25, 0.3) is 0 Å². The van der Waals surface area contributed by atoms with Crippen LogP contribution in [0.15, 0.2) is 60.2 Å². The van der Waals surface area contributed by atoms with Crippen molar-refractivity contribution in [2.24, 2.45) is 0 Å². The summed E-state index contributed by atoms with van der Waals surface area (Å²) < 4.78 is 47.9. The summed E-state index contributed by atoms with van der Waals surface area (Å²) in [5.74, 6) is -2.05. The van der Waals surface area contributed by atoms with Gasteiger partial charge < -0.3 is 14.6 Å². The summed E-state index contributed by atoms with van der Waals surface area (Å²) in [6.45, 7) is 0.